The Morgan fingerprint density at radius 2 is 1.32 bits per heavy atom. The van der Waals surface area contributed by atoms with Gasteiger partial charge in [0.1, 0.15) is 11.5 Å². The van der Waals surface area contributed by atoms with Gasteiger partial charge in [-0.25, -0.2) is 4.79 Å². The molecule has 1 rings (SSSR count). The van der Waals surface area contributed by atoms with Crippen molar-refractivity contribution in [3.63, 3.8) is 0 Å². The smallest absolute Gasteiger partial charge is 0.379 e. The molecule has 0 aromatic heterocycles. The minimum atomic E-state index is -0.846. The average molecular weight is 306 g/mol. The van der Waals surface area contributed by atoms with Gasteiger partial charge in [-0.1, -0.05) is 41.5 Å². The number of carbonyl (C=O) groups is 2. The van der Waals surface area contributed by atoms with E-state index in [2.05, 4.69) is 0 Å². The van der Waals surface area contributed by atoms with Crippen LogP contribution in [0.15, 0.2) is 12.1 Å². The Bertz CT molecular complexity index is 551. The fraction of sp³-hybridized carbons (Fsp3) is 0.556. The normalized spacial score (nSPS) is 12.0. The summed E-state index contributed by atoms with van der Waals surface area (Å²) in [7, 11) is 1.61. The lowest BCUT2D eigenvalue weighted by atomic mass is 9.79. The Balaban J connectivity index is 3.66. The van der Waals surface area contributed by atoms with E-state index in [0.717, 1.165) is 11.1 Å². The highest BCUT2D eigenvalue weighted by atomic mass is 16.5. The van der Waals surface area contributed by atoms with Crippen molar-refractivity contribution < 1.29 is 19.1 Å². The third-order valence-electron chi connectivity index (χ3n) is 3.40. The van der Waals surface area contributed by atoms with Crippen LogP contribution in [0.5, 0.6) is 11.5 Å². The largest absolute Gasteiger partial charge is 0.497 e. The number of rotatable bonds is 3. The predicted molar refractivity (Wildman–Crippen MR) is 86.7 cm³/mol. The Morgan fingerprint density at radius 1 is 0.909 bits per heavy atom. The molecular formula is C18H26O4. The summed E-state index contributed by atoms with van der Waals surface area (Å²) in [6.45, 7) is 13.4. The van der Waals surface area contributed by atoms with E-state index >= 15 is 0 Å². The van der Waals surface area contributed by atoms with E-state index in [9.17, 15) is 9.59 Å². The highest BCUT2D eigenvalue weighted by Gasteiger charge is 2.30. The number of esters is 1. The standard InChI is InChI=1S/C18H26O4/c1-11(19)16(20)22-15-13(17(2,3)4)9-12(21-8)10-14(15)18(5,6)7/h9-10H,1-8H3. The molecule has 0 heterocycles. The molecule has 0 aliphatic heterocycles. The number of ether oxygens (including phenoxy) is 2. The fourth-order valence-electron chi connectivity index (χ4n) is 2.11. The summed E-state index contributed by atoms with van der Waals surface area (Å²) in [4.78, 5) is 23.1. The van der Waals surface area contributed by atoms with Crippen LogP contribution in [0.4, 0.5) is 0 Å². The first-order valence-electron chi connectivity index (χ1n) is 7.33. The molecule has 0 atom stereocenters. The molecule has 1 aromatic rings. The summed E-state index contributed by atoms with van der Waals surface area (Å²) in [6, 6.07) is 3.72. The van der Waals surface area contributed by atoms with Gasteiger partial charge in [-0.2, -0.15) is 0 Å². The zero-order chi connectivity index (χ0) is 17.3. The molecule has 0 radical (unpaired) electrons. The van der Waals surface area contributed by atoms with E-state index in [1.54, 1.807) is 7.11 Å². The first-order valence-corrected chi connectivity index (χ1v) is 7.33. The van der Waals surface area contributed by atoms with Crippen LogP contribution in [0, 0.1) is 0 Å². The fourth-order valence-corrected chi connectivity index (χ4v) is 2.11. The lowest BCUT2D eigenvalue weighted by Gasteiger charge is -2.29. The van der Waals surface area contributed by atoms with Crippen LogP contribution in [0.3, 0.4) is 0 Å². The minimum Gasteiger partial charge on any atom is -0.497 e. The summed E-state index contributed by atoms with van der Waals surface area (Å²) < 4.78 is 10.8. The molecule has 0 fully saturated rings. The van der Waals surface area contributed by atoms with E-state index in [1.807, 2.05) is 53.7 Å². The van der Waals surface area contributed by atoms with Crippen molar-refractivity contribution in [2.24, 2.45) is 0 Å². The lowest BCUT2D eigenvalue weighted by Crippen LogP contribution is -2.24. The van der Waals surface area contributed by atoms with Crippen molar-refractivity contribution >= 4 is 11.8 Å². The number of Topliss-reactive ketones (excluding diaryl/α,β-unsaturated/α-hetero) is 1. The number of methoxy groups -OCH3 is 1. The third-order valence-corrected chi connectivity index (χ3v) is 3.40. The molecule has 0 N–H and O–H groups in total. The average Bonchev–Trinajstić information content (AvgIpc) is 2.35. The van der Waals surface area contributed by atoms with Gasteiger partial charge < -0.3 is 9.47 Å². The highest BCUT2D eigenvalue weighted by molar-refractivity contribution is 6.33. The Morgan fingerprint density at radius 3 is 1.59 bits per heavy atom. The van der Waals surface area contributed by atoms with Crippen LogP contribution >= 0.6 is 0 Å². The molecule has 22 heavy (non-hydrogen) atoms. The third kappa shape index (κ3) is 4.09. The maximum Gasteiger partial charge on any atom is 0.379 e. The molecule has 0 spiro atoms. The molecule has 122 valence electrons. The topological polar surface area (TPSA) is 52.6 Å². The van der Waals surface area contributed by atoms with E-state index in [4.69, 9.17) is 9.47 Å². The number of carbonyl (C=O) groups excluding carboxylic acids is 2. The van der Waals surface area contributed by atoms with Crippen LogP contribution in [0.25, 0.3) is 0 Å². The van der Waals surface area contributed by atoms with Crippen molar-refractivity contribution in [3.05, 3.63) is 23.3 Å². The van der Waals surface area contributed by atoms with Crippen LogP contribution in [-0.2, 0) is 20.4 Å². The van der Waals surface area contributed by atoms with Crippen molar-refractivity contribution in [1.82, 2.24) is 0 Å². The quantitative estimate of drug-likeness (QED) is 0.484. The Hall–Kier alpha value is -1.84. The van der Waals surface area contributed by atoms with Gasteiger partial charge in [-0.15, -0.1) is 0 Å². The molecule has 1 aromatic carbocycles. The molecule has 0 amide bonds. The first-order chi connectivity index (χ1) is 9.87. The van der Waals surface area contributed by atoms with Gasteiger partial charge in [-0.05, 0) is 23.0 Å². The van der Waals surface area contributed by atoms with E-state index in [-0.39, 0.29) is 10.8 Å². The summed E-state index contributed by atoms with van der Waals surface area (Å²) in [5, 5.41) is 0. The summed E-state index contributed by atoms with van der Waals surface area (Å²) in [5.41, 5.74) is 1.15. The maximum absolute atomic E-state index is 11.8. The lowest BCUT2D eigenvalue weighted by molar-refractivity contribution is -0.146. The van der Waals surface area contributed by atoms with E-state index < -0.39 is 11.8 Å². The molecular weight excluding hydrogens is 280 g/mol. The van der Waals surface area contributed by atoms with E-state index in [1.165, 1.54) is 6.92 Å². The SMILES string of the molecule is COc1cc(C(C)(C)C)c(OC(=O)C(C)=O)c(C(C)(C)C)c1. The molecule has 0 unspecified atom stereocenters. The second-order valence-electron chi connectivity index (χ2n) is 7.50. The molecule has 4 heteroatoms. The summed E-state index contributed by atoms with van der Waals surface area (Å²) in [6.07, 6.45) is 0. The second-order valence-corrected chi connectivity index (χ2v) is 7.50. The van der Waals surface area contributed by atoms with Gasteiger partial charge in [0.05, 0.1) is 7.11 Å². The van der Waals surface area contributed by atoms with Gasteiger partial charge in [0, 0.05) is 18.1 Å². The van der Waals surface area contributed by atoms with E-state index in [0.29, 0.717) is 11.5 Å². The predicted octanol–water partition coefficient (Wildman–Crippen LogP) is 3.78. The molecule has 4 nitrogen and oxygen atoms in total. The monoisotopic (exact) mass is 306 g/mol. The van der Waals surface area contributed by atoms with Crippen LogP contribution in [-0.4, -0.2) is 18.9 Å². The molecule has 0 saturated heterocycles. The zero-order valence-corrected chi connectivity index (χ0v) is 14.8. The van der Waals surface area contributed by atoms with Gasteiger partial charge in [0.2, 0.25) is 5.78 Å². The number of benzene rings is 1. The number of ketones is 1. The Labute approximate surface area is 132 Å². The van der Waals surface area contributed by atoms with Crippen molar-refractivity contribution in [3.8, 4) is 11.5 Å². The van der Waals surface area contributed by atoms with Crippen LogP contribution < -0.4 is 9.47 Å². The minimum absolute atomic E-state index is 0.263. The van der Waals surface area contributed by atoms with Crippen LogP contribution in [0.2, 0.25) is 0 Å². The first kappa shape index (κ1) is 18.2. The molecule has 0 bridgehead atoms. The maximum atomic E-state index is 11.8. The van der Waals surface area contributed by atoms with Gasteiger partial charge in [-0.3, -0.25) is 4.79 Å². The van der Waals surface area contributed by atoms with Crippen molar-refractivity contribution in [1.29, 1.82) is 0 Å². The zero-order valence-electron chi connectivity index (χ0n) is 14.8. The summed E-state index contributed by atoms with van der Waals surface area (Å²) >= 11 is 0. The van der Waals surface area contributed by atoms with Gasteiger partial charge >= 0.3 is 5.97 Å². The molecule has 0 aliphatic rings. The number of hydrogen-bond acceptors (Lipinski definition) is 4. The summed E-state index contributed by atoms with van der Waals surface area (Å²) in [5.74, 6) is -0.296. The molecule has 0 aliphatic carbocycles. The van der Waals surface area contributed by atoms with Gasteiger partial charge in [0.15, 0.2) is 0 Å². The second kappa shape index (κ2) is 6.11. The molecule has 0 saturated carbocycles. The Kier molecular flexibility index (Phi) is 5.06. The number of hydrogen-bond donors (Lipinski definition) is 0. The van der Waals surface area contributed by atoms with Crippen molar-refractivity contribution in [2.45, 2.75) is 59.3 Å². The highest BCUT2D eigenvalue weighted by Crippen LogP contribution is 2.42. The van der Waals surface area contributed by atoms with Gasteiger partial charge in [0.25, 0.3) is 0 Å². The van der Waals surface area contributed by atoms with Crippen LogP contribution in [0.1, 0.15) is 59.6 Å². The van der Waals surface area contributed by atoms with Crippen molar-refractivity contribution in [2.75, 3.05) is 7.11 Å².